The molecule has 0 radical (unpaired) electrons. The Kier molecular flexibility index (Phi) is 15.3. The fourth-order valence-electron chi connectivity index (χ4n) is 10.6. The lowest BCUT2D eigenvalue weighted by molar-refractivity contribution is -0.130. The van der Waals surface area contributed by atoms with E-state index in [0.29, 0.717) is 62.6 Å². The minimum atomic E-state index is -0.605. The summed E-state index contributed by atoms with van der Waals surface area (Å²) in [6, 6.07) is 24.5. The zero-order chi connectivity index (χ0) is 44.5. The van der Waals surface area contributed by atoms with E-state index in [1.165, 1.54) is 11.1 Å². The number of allylic oxidation sites excluding steroid dienone is 2. The average Bonchev–Trinajstić information content (AvgIpc) is 3.67. The van der Waals surface area contributed by atoms with Gasteiger partial charge in [0, 0.05) is 48.7 Å². The number of ether oxygens (including phenoxy) is 1. The van der Waals surface area contributed by atoms with Gasteiger partial charge in [0.1, 0.15) is 11.6 Å². The predicted molar refractivity (Wildman–Crippen MR) is 251 cm³/mol. The van der Waals surface area contributed by atoms with Crippen molar-refractivity contribution in [3.63, 3.8) is 0 Å². The Balaban J connectivity index is 1.34. The Labute approximate surface area is 374 Å². The van der Waals surface area contributed by atoms with Crippen LogP contribution in [0.3, 0.4) is 0 Å². The Morgan fingerprint density at radius 1 is 0.952 bits per heavy atom. The molecule has 63 heavy (non-hydrogen) atoms. The number of fused-ring (bicyclic) bond motifs is 2. The Hall–Kier alpha value is -5.52. The molecule has 2 heterocycles. The highest BCUT2D eigenvalue weighted by molar-refractivity contribution is 6.00. The third-order valence-electron chi connectivity index (χ3n) is 13.9. The van der Waals surface area contributed by atoms with Crippen LogP contribution >= 0.6 is 0 Å². The molecule has 1 saturated carbocycles. The molecule has 3 aromatic carbocycles. The number of carbonyl (C=O) groups is 2. The van der Waals surface area contributed by atoms with Crippen LogP contribution in [-0.4, -0.2) is 46.5 Å². The molecule has 0 spiro atoms. The molecule has 6 N–H and O–H groups in total. The number of hydrogen-bond acceptors (Lipinski definition) is 7. The summed E-state index contributed by atoms with van der Waals surface area (Å²) in [5.41, 5.74) is 14.4. The van der Waals surface area contributed by atoms with Crippen LogP contribution in [0, 0.1) is 41.4 Å². The number of Topliss-reactive ketones (excluding diaryl/α,β-unsaturated/α-hetero) is 2. The van der Waals surface area contributed by atoms with Gasteiger partial charge in [0.15, 0.2) is 11.5 Å². The summed E-state index contributed by atoms with van der Waals surface area (Å²) >= 11 is 0. The molecule has 0 bridgehead atoms. The fraction of sp³-hybridized carbons (Fsp3) is 0.455. The van der Waals surface area contributed by atoms with Crippen LogP contribution in [0.2, 0.25) is 0 Å². The maximum absolute atomic E-state index is 14.8. The van der Waals surface area contributed by atoms with E-state index in [9.17, 15) is 19.8 Å². The second-order valence-corrected chi connectivity index (χ2v) is 18.6. The van der Waals surface area contributed by atoms with E-state index in [1.807, 2.05) is 54.7 Å². The Morgan fingerprint density at radius 2 is 1.71 bits per heavy atom. The second-order valence-electron chi connectivity index (χ2n) is 18.6. The van der Waals surface area contributed by atoms with Crippen molar-refractivity contribution in [3.05, 3.63) is 142 Å². The molecule has 0 amide bonds. The number of aryl methyl sites for hydroxylation is 2. The summed E-state index contributed by atoms with van der Waals surface area (Å²) in [5.74, 6) is 7.84. The third-order valence-corrected chi connectivity index (χ3v) is 13.9. The summed E-state index contributed by atoms with van der Waals surface area (Å²) < 4.78 is 5.77. The Bertz CT molecular complexity index is 2320. The van der Waals surface area contributed by atoms with Gasteiger partial charge in [-0.2, -0.15) is 0 Å². The smallest absolute Gasteiger partial charge is 0.161 e. The topological polar surface area (TPSA) is 138 Å². The number of aliphatic hydroxyl groups is 1. The van der Waals surface area contributed by atoms with E-state index in [0.717, 1.165) is 59.2 Å². The van der Waals surface area contributed by atoms with Crippen molar-refractivity contribution in [3.8, 4) is 23.3 Å². The monoisotopic (exact) mass is 850 g/mol. The molecular formula is C55H67N3O5. The number of benzene rings is 3. The standard InChI is InChI=1S/C55H67N3O5/c1-5-12-46(50(60)32-44-29-43(34-58-44)35(2)3)42-27-38(25-37-23-24-57-53(56)28-37)26-40-19-22-47(39-15-10-7-11-16-39)54-41(18-20-45(59)33-51(61)49(40)30-42)31-52(63-4)55(62)48(54)21-17-36-13-8-6-9-14-36/h6-11,13-16,23,28-29,31,34-35,38,40,42,46-47,49-50,57-58,60,62H,5,12,17-18,20-21,24-27,30,32-33,56H2,1-4H3/t38-,40-,42+,46+,47-,49-,50-/m1/s1. The predicted octanol–water partition coefficient (Wildman–Crippen LogP) is 9.64. The van der Waals surface area contributed by atoms with Crippen LogP contribution in [0.15, 0.2) is 103 Å². The lowest BCUT2D eigenvalue weighted by atomic mass is 9.73. The number of dihydropyridines is 1. The molecular weight excluding hydrogens is 783 g/mol. The molecule has 1 fully saturated rings. The van der Waals surface area contributed by atoms with Crippen molar-refractivity contribution in [1.29, 1.82) is 0 Å². The number of rotatable bonds is 14. The number of ketones is 2. The number of phenols is 1. The van der Waals surface area contributed by atoms with Gasteiger partial charge < -0.3 is 31.0 Å². The quantitative estimate of drug-likeness (QED) is 0.0630. The van der Waals surface area contributed by atoms with Crippen molar-refractivity contribution in [2.75, 3.05) is 13.7 Å². The maximum Gasteiger partial charge on any atom is 0.161 e. The highest BCUT2D eigenvalue weighted by Gasteiger charge is 2.41. The summed E-state index contributed by atoms with van der Waals surface area (Å²) in [4.78, 5) is 32.3. The highest BCUT2D eigenvalue weighted by Crippen LogP contribution is 2.46. The van der Waals surface area contributed by atoms with E-state index in [1.54, 1.807) is 7.11 Å². The van der Waals surface area contributed by atoms with Crippen LogP contribution in [-0.2, 0) is 35.3 Å². The molecule has 1 aromatic heterocycles. The summed E-state index contributed by atoms with van der Waals surface area (Å²) in [5, 5.41) is 27.3. The van der Waals surface area contributed by atoms with E-state index < -0.39 is 17.9 Å². The van der Waals surface area contributed by atoms with Gasteiger partial charge in [-0.3, -0.25) is 9.59 Å². The first kappa shape index (κ1) is 45.5. The summed E-state index contributed by atoms with van der Waals surface area (Å²) in [6.07, 6.45) is 12.4. The van der Waals surface area contributed by atoms with Crippen molar-refractivity contribution in [1.82, 2.24) is 10.3 Å². The van der Waals surface area contributed by atoms with Crippen LogP contribution in [0.5, 0.6) is 11.5 Å². The van der Waals surface area contributed by atoms with Crippen molar-refractivity contribution >= 4 is 11.6 Å². The van der Waals surface area contributed by atoms with Gasteiger partial charge in [0.2, 0.25) is 0 Å². The zero-order valence-electron chi connectivity index (χ0n) is 37.7. The molecule has 2 aliphatic carbocycles. The molecule has 4 aromatic rings. The van der Waals surface area contributed by atoms with Gasteiger partial charge in [-0.05, 0) is 127 Å². The van der Waals surface area contributed by atoms with Crippen LogP contribution in [0.25, 0.3) is 0 Å². The molecule has 8 nitrogen and oxygen atoms in total. The highest BCUT2D eigenvalue weighted by atomic mass is 16.5. The van der Waals surface area contributed by atoms with Gasteiger partial charge in [-0.15, -0.1) is 0 Å². The number of phenolic OH excluding ortho intramolecular Hbond substituents is 1. The molecule has 7 atom stereocenters. The number of nitrogens with one attached hydrogen (secondary N) is 2. The number of H-pyrrole nitrogens is 1. The number of nitrogens with two attached hydrogens (primary N) is 1. The number of aliphatic hydroxyl groups excluding tert-OH is 1. The van der Waals surface area contributed by atoms with Crippen molar-refractivity contribution in [2.45, 2.75) is 116 Å². The lowest BCUT2D eigenvalue weighted by Crippen LogP contribution is -2.33. The zero-order valence-corrected chi connectivity index (χ0v) is 37.7. The van der Waals surface area contributed by atoms with Gasteiger partial charge >= 0.3 is 0 Å². The van der Waals surface area contributed by atoms with Crippen LogP contribution < -0.4 is 15.8 Å². The number of hydrogen-bond donors (Lipinski definition) is 5. The first-order chi connectivity index (χ1) is 30.5. The molecule has 0 unspecified atom stereocenters. The maximum atomic E-state index is 14.8. The molecule has 7 rings (SSSR count). The number of aromatic hydroxyl groups is 1. The first-order valence-corrected chi connectivity index (χ1v) is 23.3. The van der Waals surface area contributed by atoms with Crippen LogP contribution in [0.1, 0.15) is 123 Å². The average molecular weight is 850 g/mol. The van der Waals surface area contributed by atoms with E-state index in [4.69, 9.17) is 10.5 Å². The number of aromatic nitrogens is 1. The lowest BCUT2D eigenvalue weighted by Gasteiger charge is -2.33. The first-order valence-electron chi connectivity index (χ1n) is 23.3. The van der Waals surface area contributed by atoms with Gasteiger partial charge in [0.05, 0.1) is 31.4 Å². The summed E-state index contributed by atoms with van der Waals surface area (Å²) in [6.45, 7) is 7.18. The Morgan fingerprint density at radius 3 is 2.41 bits per heavy atom. The van der Waals surface area contributed by atoms with E-state index in [-0.39, 0.29) is 53.8 Å². The molecule has 3 aliphatic rings. The number of carbonyl (C=O) groups excluding carboxylic acids is 2. The number of methoxy groups -OCH3 is 1. The molecule has 8 heteroatoms. The van der Waals surface area contributed by atoms with Gasteiger partial charge in [0.25, 0.3) is 0 Å². The minimum Gasteiger partial charge on any atom is -0.504 e. The summed E-state index contributed by atoms with van der Waals surface area (Å²) in [7, 11) is 1.56. The molecule has 1 aliphatic heterocycles. The van der Waals surface area contributed by atoms with E-state index >= 15 is 0 Å². The normalized spacial score (nSPS) is 22.7. The molecule has 0 saturated heterocycles. The van der Waals surface area contributed by atoms with Gasteiger partial charge in [-0.25, -0.2) is 0 Å². The SMILES string of the molecule is CCC[C@@H]([C@H]1C[C@H](CC2=CCNC(N)=C2)C[C@H]2C#C[C@H](c3ccccc3)c3c(cc(OC)c(O)c3CCc3ccccc3)CCC(=O)CC(=O)[C@@H]2C1)[C@H](O)Cc1cc(C(C)C)c[nH]1. The van der Waals surface area contributed by atoms with Gasteiger partial charge in [-0.1, -0.05) is 106 Å². The molecule has 332 valence electrons. The van der Waals surface area contributed by atoms with Crippen LogP contribution in [0.4, 0.5) is 0 Å². The van der Waals surface area contributed by atoms with Crippen molar-refractivity contribution in [2.24, 2.45) is 35.3 Å². The largest absolute Gasteiger partial charge is 0.504 e. The minimum absolute atomic E-state index is 0.0385. The number of aromatic amines is 1. The fourth-order valence-corrected chi connectivity index (χ4v) is 10.6. The third kappa shape index (κ3) is 11.4. The van der Waals surface area contributed by atoms with E-state index in [2.05, 4.69) is 79.3 Å². The van der Waals surface area contributed by atoms with Crippen molar-refractivity contribution < 1.29 is 24.5 Å². The second kappa shape index (κ2) is 21.2.